The van der Waals surface area contributed by atoms with E-state index in [1.54, 1.807) is 18.2 Å². The van der Waals surface area contributed by atoms with E-state index in [1.165, 1.54) is 4.90 Å². The highest BCUT2D eigenvalue weighted by molar-refractivity contribution is 6.31. The van der Waals surface area contributed by atoms with Gasteiger partial charge >= 0.3 is 0 Å². The highest BCUT2D eigenvalue weighted by Crippen LogP contribution is 2.32. The molecule has 2 aromatic rings. The Kier molecular flexibility index (Phi) is 4.51. The number of hydrogen-bond donors (Lipinski definition) is 1. The third-order valence-corrected chi connectivity index (χ3v) is 4.25. The largest absolute Gasteiger partial charge is 0.320 e. The van der Waals surface area contributed by atoms with Gasteiger partial charge in [0.05, 0.1) is 12.6 Å². The minimum absolute atomic E-state index is 0.00109. The molecule has 1 heterocycles. The minimum atomic E-state index is -2.72. The highest BCUT2D eigenvalue weighted by Gasteiger charge is 2.31. The Hall–Kier alpha value is -2.05. The van der Waals surface area contributed by atoms with Gasteiger partial charge in [-0.1, -0.05) is 23.7 Å². The molecule has 0 saturated heterocycles. The first kappa shape index (κ1) is 16.8. The molecule has 1 aliphatic rings. The van der Waals surface area contributed by atoms with Gasteiger partial charge in [-0.05, 0) is 36.2 Å². The number of hydrogen-bond acceptors (Lipinski definition) is 2. The lowest BCUT2D eigenvalue weighted by atomic mass is 9.97. The van der Waals surface area contributed by atoms with Crippen molar-refractivity contribution in [2.75, 3.05) is 4.90 Å². The Morgan fingerprint density at radius 2 is 2.00 bits per heavy atom. The molecule has 126 valence electrons. The molecule has 0 spiro atoms. The van der Waals surface area contributed by atoms with Crippen LogP contribution in [-0.4, -0.2) is 11.9 Å². The van der Waals surface area contributed by atoms with Crippen molar-refractivity contribution in [2.45, 2.75) is 25.4 Å². The van der Waals surface area contributed by atoms with Gasteiger partial charge in [0.2, 0.25) is 5.91 Å². The van der Waals surface area contributed by atoms with E-state index < -0.39 is 24.2 Å². The van der Waals surface area contributed by atoms with Crippen LogP contribution in [-0.2, 0) is 17.8 Å². The Bertz CT molecular complexity index is 797. The fraction of sp³-hybridized carbons (Fsp3) is 0.235. The van der Waals surface area contributed by atoms with E-state index in [1.807, 2.05) is 0 Å². The summed E-state index contributed by atoms with van der Waals surface area (Å²) in [7, 11) is 0. The van der Waals surface area contributed by atoms with E-state index in [2.05, 4.69) is 0 Å². The monoisotopic (exact) mass is 354 g/mol. The van der Waals surface area contributed by atoms with Gasteiger partial charge in [0, 0.05) is 21.8 Å². The Morgan fingerprint density at radius 3 is 2.71 bits per heavy atom. The summed E-state index contributed by atoms with van der Waals surface area (Å²) < 4.78 is 39.7. The Morgan fingerprint density at radius 1 is 1.25 bits per heavy atom. The maximum absolute atomic E-state index is 14.0. The first-order valence-electron chi connectivity index (χ1n) is 7.28. The van der Waals surface area contributed by atoms with E-state index >= 15 is 0 Å². The van der Waals surface area contributed by atoms with Gasteiger partial charge < -0.3 is 10.6 Å². The zero-order valence-corrected chi connectivity index (χ0v) is 13.2. The molecule has 1 amide bonds. The van der Waals surface area contributed by atoms with Crippen molar-refractivity contribution >= 4 is 23.2 Å². The third kappa shape index (κ3) is 3.12. The molecule has 0 radical (unpaired) electrons. The number of amides is 1. The van der Waals surface area contributed by atoms with E-state index in [9.17, 15) is 18.0 Å². The van der Waals surface area contributed by atoms with Crippen molar-refractivity contribution in [2.24, 2.45) is 5.73 Å². The quantitative estimate of drug-likeness (QED) is 0.910. The van der Waals surface area contributed by atoms with Gasteiger partial charge in [-0.25, -0.2) is 13.2 Å². The first-order valence-corrected chi connectivity index (χ1v) is 7.66. The summed E-state index contributed by atoms with van der Waals surface area (Å²) in [6, 6.07) is 7.33. The number of anilines is 1. The number of fused-ring (bicyclic) bond motifs is 1. The lowest BCUT2D eigenvalue weighted by molar-refractivity contribution is -0.120. The predicted octanol–water partition coefficient (Wildman–Crippen LogP) is 3.83. The van der Waals surface area contributed by atoms with Crippen LogP contribution in [0.15, 0.2) is 36.4 Å². The zero-order chi connectivity index (χ0) is 17.4. The number of benzene rings is 2. The van der Waals surface area contributed by atoms with E-state index in [0.717, 1.165) is 23.8 Å². The van der Waals surface area contributed by atoms with Crippen LogP contribution in [0.5, 0.6) is 0 Å². The topological polar surface area (TPSA) is 46.3 Å². The Balaban J connectivity index is 2.02. The smallest absolute Gasteiger partial charge is 0.263 e. The second-order valence-electron chi connectivity index (χ2n) is 5.66. The number of rotatable bonds is 3. The van der Waals surface area contributed by atoms with Crippen molar-refractivity contribution in [1.29, 1.82) is 0 Å². The molecule has 1 aliphatic heterocycles. The number of carbonyl (C=O) groups excluding carboxylic acids is 1. The van der Waals surface area contributed by atoms with Crippen LogP contribution >= 0.6 is 11.6 Å². The van der Waals surface area contributed by atoms with Crippen LogP contribution in [0.2, 0.25) is 5.02 Å². The van der Waals surface area contributed by atoms with Crippen LogP contribution in [0, 0.1) is 5.82 Å². The molecule has 7 heteroatoms. The molecular weight excluding hydrogens is 341 g/mol. The molecule has 0 aliphatic carbocycles. The molecule has 3 rings (SSSR count). The van der Waals surface area contributed by atoms with Crippen molar-refractivity contribution in [1.82, 2.24) is 0 Å². The number of nitrogens with zero attached hydrogens (tertiary/aromatic N) is 1. The number of carbonyl (C=O) groups is 1. The molecule has 1 atom stereocenters. The van der Waals surface area contributed by atoms with Crippen LogP contribution in [0.4, 0.5) is 18.9 Å². The molecule has 0 saturated carbocycles. The van der Waals surface area contributed by atoms with Crippen molar-refractivity contribution in [3.63, 3.8) is 0 Å². The van der Waals surface area contributed by atoms with Gasteiger partial charge in [-0.15, -0.1) is 0 Å². The van der Waals surface area contributed by atoms with Gasteiger partial charge in [-0.2, -0.15) is 0 Å². The summed E-state index contributed by atoms with van der Waals surface area (Å²) in [5.41, 5.74) is 6.88. The lowest BCUT2D eigenvalue weighted by Gasteiger charge is -2.33. The van der Waals surface area contributed by atoms with Gasteiger partial charge in [0.15, 0.2) is 0 Å². The maximum atomic E-state index is 14.0. The van der Waals surface area contributed by atoms with Crippen molar-refractivity contribution in [3.05, 3.63) is 63.9 Å². The third-order valence-electron chi connectivity index (χ3n) is 4.01. The first-order chi connectivity index (χ1) is 11.4. The number of halogens is 4. The Labute approximate surface area is 141 Å². The van der Waals surface area contributed by atoms with Crippen LogP contribution in [0.3, 0.4) is 0 Å². The highest BCUT2D eigenvalue weighted by atomic mass is 35.5. The fourth-order valence-corrected chi connectivity index (χ4v) is 2.96. The van der Waals surface area contributed by atoms with Crippen LogP contribution in [0.1, 0.15) is 23.1 Å². The molecular formula is C17H14ClF3N2O. The fourth-order valence-electron chi connectivity index (χ4n) is 2.79. The molecule has 0 bridgehead atoms. The normalized spacial score (nSPS) is 17.3. The van der Waals surface area contributed by atoms with Gasteiger partial charge in [-0.3, -0.25) is 4.79 Å². The number of alkyl halides is 2. The maximum Gasteiger partial charge on any atom is 0.263 e. The summed E-state index contributed by atoms with van der Waals surface area (Å²) in [4.78, 5) is 13.7. The lowest BCUT2D eigenvalue weighted by Crippen LogP contribution is -2.48. The average molecular weight is 355 g/mol. The second-order valence-corrected chi connectivity index (χ2v) is 6.10. The molecule has 3 nitrogen and oxygen atoms in total. The molecule has 24 heavy (non-hydrogen) atoms. The summed E-state index contributed by atoms with van der Waals surface area (Å²) in [6.07, 6.45) is -2.37. The summed E-state index contributed by atoms with van der Waals surface area (Å²) in [5.74, 6) is -1.05. The molecule has 0 unspecified atom stereocenters. The van der Waals surface area contributed by atoms with Crippen molar-refractivity contribution < 1.29 is 18.0 Å². The zero-order valence-electron chi connectivity index (χ0n) is 12.5. The second kappa shape index (κ2) is 6.45. The molecule has 0 fully saturated rings. The van der Waals surface area contributed by atoms with E-state index in [0.29, 0.717) is 17.1 Å². The number of nitrogens with two attached hydrogens (primary N) is 1. The van der Waals surface area contributed by atoms with Crippen molar-refractivity contribution in [3.8, 4) is 0 Å². The minimum Gasteiger partial charge on any atom is -0.320 e. The van der Waals surface area contributed by atoms with Crippen LogP contribution < -0.4 is 10.6 Å². The molecule has 2 aromatic carbocycles. The molecule has 0 aromatic heterocycles. The summed E-state index contributed by atoms with van der Waals surface area (Å²) >= 11 is 5.98. The standard InChI is InChI=1S/C17H14ClF3N2O/c18-12-3-1-9-6-14(22)17(24)23(15(9)7-12)8-11-5-10(16(20)21)2-4-13(11)19/h1-5,7,14,16H,6,8,22H2/t14-/m1/s1. The summed E-state index contributed by atoms with van der Waals surface area (Å²) in [6.45, 7) is -0.188. The predicted molar refractivity (Wildman–Crippen MR) is 85.7 cm³/mol. The SMILES string of the molecule is N[C@@H]1Cc2ccc(Cl)cc2N(Cc2cc(C(F)F)ccc2F)C1=O. The van der Waals surface area contributed by atoms with Crippen LogP contribution in [0.25, 0.3) is 0 Å². The van der Waals surface area contributed by atoms with Gasteiger partial charge in [0.25, 0.3) is 6.43 Å². The summed E-state index contributed by atoms with van der Waals surface area (Å²) in [5, 5.41) is 0.420. The molecule has 2 N–H and O–H groups in total. The van der Waals surface area contributed by atoms with Gasteiger partial charge in [0.1, 0.15) is 5.82 Å². The average Bonchev–Trinajstić information content (AvgIpc) is 2.54. The van der Waals surface area contributed by atoms with E-state index in [4.69, 9.17) is 17.3 Å². The van der Waals surface area contributed by atoms with E-state index in [-0.39, 0.29) is 17.7 Å².